The fourth-order valence-electron chi connectivity index (χ4n) is 3.29. The van der Waals surface area contributed by atoms with E-state index in [9.17, 15) is 19.1 Å². The lowest BCUT2D eigenvalue weighted by Gasteiger charge is -2.30. The predicted molar refractivity (Wildman–Crippen MR) is 107 cm³/mol. The van der Waals surface area contributed by atoms with E-state index in [1.165, 1.54) is 0 Å². The van der Waals surface area contributed by atoms with Crippen LogP contribution in [0.1, 0.15) is 54.4 Å². The molecule has 1 fully saturated rings. The first-order valence-electron chi connectivity index (χ1n) is 13.6. The third-order valence-corrected chi connectivity index (χ3v) is 4.97. The summed E-state index contributed by atoms with van der Waals surface area (Å²) in [7, 11) is 0. The fraction of sp³-hybridized carbons (Fsp3) is 0.524. The number of aromatic nitrogens is 1. The number of halogens is 1. The highest BCUT2D eigenvalue weighted by Gasteiger charge is 2.22. The normalized spacial score (nSPS) is 21.4. The molecule has 3 rings (SSSR count). The molecule has 0 spiro atoms. The molecule has 2 N–H and O–H groups in total. The van der Waals surface area contributed by atoms with Gasteiger partial charge in [-0.2, -0.15) is 0 Å². The van der Waals surface area contributed by atoms with Crippen LogP contribution >= 0.6 is 0 Å². The molecule has 0 radical (unpaired) electrons. The van der Waals surface area contributed by atoms with Crippen LogP contribution in [0.5, 0.6) is 5.75 Å². The Hall–Kier alpha value is -2.41. The molecule has 1 aromatic carbocycles. The molecule has 2 heterocycles. The average molecular weight is 399 g/mol. The molecule has 7 heteroatoms. The SMILES string of the molecule is [2H]c1c(F)c([2H])c2c(c1[2H])c(O)c(C(=O)N([2H])CCCN1CCC(C)CC1)c(=O)n2C([2H])([2H])C([2H])([2H])[2H]. The van der Waals surface area contributed by atoms with Crippen molar-refractivity contribution >= 4 is 16.8 Å². The summed E-state index contributed by atoms with van der Waals surface area (Å²) in [5.41, 5.74) is -4.00. The van der Waals surface area contributed by atoms with Crippen LogP contribution < -0.4 is 10.9 Å². The van der Waals surface area contributed by atoms with E-state index in [0.717, 1.165) is 25.9 Å². The number of piperidine rings is 1. The van der Waals surface area contributed by atoms with Crippen molar-refractivity contribution < 1.29 is 26.7 Å². The van der Waals surface area contributed by atoms with E-state index in [-0.39, 0.29) is 11.1 Å². The lowest BCUT2D eigenvalue weighted by molar-refractivity contribution is 0.0946. The fourth-order valence-corrected chi connectivity index (χ4v) is 3.29. The number of carbonyl (C=O) groups excluding carboxylic acids is 1. The summed E-state index contributed by atoms with van der Waals surface area (Å²) in [6.45, 7) is -2.91. The first-order chi connectivity index (χ1) is 17.0. The number of rotatable bonds is 6. The Morgan fingerprint density at radius 2 is 2.25 bits per heavy atom. The van der Waals surface area contributed by atoms with Gasteiger partial charge in [-0.05, 0) is 69.8 Å². The molecule has 1 amide bonds. The molecule has 1 aliphatic heterocycles. The number of likely N-dealkylation sites (tertiary alicyclic amines) is 1. The molecule has 1 aromatic heterocycles. The maximum atomic E-state index is 14.5. The topological polar surface area (TPSA) is 74.6 Å². The summed E-state index contributed by atoms with van der Waals surface area (Å²) >= 11 is 0. The van der Waals surface area contributed by atoms with Gasteiger partial charge in [0, 0.05) is 25.3 Å². The van der Waals surface area contributed by atoms with Gasteiger partial charge in [0.05, 0.1) is 9.63 Å². The molecule has 0 saturated carbocycles. The first kappa shape index (κ1) is 11.6. The van der Waals surface area contributed by atoms with Crippen molar-refractivity contribution in [3.8, 4) is 5.75 Å². The van der Waals surface area contributed by atoms with Crippen LogP contribution in [0.15, 0.2) is 22.9 Å². The van der Waals surface area contributed by atoms with Gasteiger partial charge in [0.1, 0.15) is 17.1 Å². The second-order valence-corrected chi connectivity index (χ2v) is 6.95. The monoisotopic (exact) mass is 398 g/mol. The molecule has 152 valence electrons. The Bertz CT molecular complexity index is 1270. The summed E-state index contributed by atoms with van der Waals surface area (Å²) in [6.07, 6.45) is 2.38. The minimum absolute atomic E-state index is 0.159. The molecule has 2 aromatic rings. The molecule has 6 nitrogen and oxygen atoms in total. The van der Waals surface area contributed by atoms with Gasteiger partial charge in [-0.3, -0.25) is 9.59 Å². The summed E-state index contributed by atoms with van der Waals surface area (Å²) in [4.78, 5) is 28.6. The molecule has 0 atom stereocenters. The molecule has 1 saturated heterocycles. The van der Waals surface area contributed by atoms with Crippen LogP contribution in [0.2, 0.25) is 1.41 Å². The second kappa shape index (κ2) is 8.73. The maximum absolute atomic E-state index is 14.5. The number of hydrogen-bond donors (Lipinski definition) is 2. The zero-order valence-electron chi connectivity index (χ0n) is 24.5. The van der Waals surface area contributed by atoms with Crippen molar-refractivity contribution in [1.29, 1.82) is 0 Å². The largest absolute Gasteiger partial charge is 0.506 e. The smallest absolute Gasteiger partial charge is 0.267 e. The van der Waals surface area contributed by atoms with Gasteiger partial charge < -0.3 is 19.9 Å². The van der Waals surface area contributed by atoms with Gasteiger partial charge in [-0.1, -0.05) is 6.92 Å². The van der Waals surface area contributed by atoms with Crippen molar-refractivity contribution in [2.45, 2.75) is 39.5 Å². The van der Waals surface area contributed by atoms with Crippen molar-refractivity contribution in [2.75, 3.05) is 26.2 Å². The van der Waals surface area contributed by atoms with Crippen LogP contribution in [0.25, 0.3) is 10.9 Å². The highest BCUT2D eigenvalue weighted by Crippen LogP contribution is 2.27. The van der Waals surface area contributed by atoms with E-state index >= 15 is 0 Å². The summed E-state index contributed by atoms with van der Waals surface area (Å²) in [5, 5.41) is 10.2. The minimum Gasteiger partial charge on any atom is -0.506 e. The number of benzene rings is 1. The van der Waals surface area contributed by atoms with Gasteiger partial charge in [0.25, 0.3) is 11.5 Å². The molecule has 1 aliphatic rings. The minimum atomic E-state index is -3.61. The van der Waals surface area contributed by atoms with Gasteiger partial charge >= 0.3 is 0 Å². The zero-order chi connectivity index (χ0) is 28.0. The lowest BCUT2D eigenvalue weighted by atomic mass is 9.99. The Kier molecular flexibility index (Phi) is 3.60. The van der Waals surface area contributed by atoms with Crippen molar-refractivity contribution in [3.05, 3.63) is 39.9 Å². The van der Waals surface area contributed by atoms with Gasteiger partial charge in [0.2, 0.25) is 0 Å². The third-order valence-electron chi connectivity index (χ3n) is 4.97. The van der Waals surface area contributed by atoms with E-state index < -0.39 is 71.0 Å². The molecular formula is C21H28FN3O3. The summed E-state index contributed by atoms with van der Waals surface area (Å²) in [5.74, 6) is -3.67. The number of fused-ring (bicyclic) bond motifs is 1. The third kappa shape index (κ3) is 4.19. The van der Waals surface area contributed by atoms with Crippen LogP contribution in [-0.2, 0) is 6.50 Å². The van der Waals surface area contributed by atoms with E-state index in [1.807, 2.05) is 0 Å². The van der Waals surface area contributed by atoms with Gasteiger partial charge in [-0.25, -0.2) is 4.39 Å². The maximum Gasteiger partial charge on any atom is 0.267 e. The molecule has 28 heavy (non-hydrogen) atoms. The number of carbonyl (C=O) groups is 1. The van der Waals surface area contributed by atoms with E-state index in [0.29, 0.717) is 24.2 Å². The lowest BCUT2D eigenvalue weighted by Crippen LogP contribution is -2.37. The van der Waals surface area contributed by atoms with Gasteiger partial charge in [0.15, 0.2) is 1.41 Å². The number of hydrogen-bond acceptors (Lipinski definition) is 4. The van der Waals surface area contributed by atoms with E-state index in [4.69, 9.17) is 12.4 Å². The zero-order valence-corrected chi connectivity index (χ0v) is 15.5. The van der Waals surface area contributed by atoms with Crippen molar-refractivity contribution in [3.63, 3.8) is 0 Å². The second-order valence-electron chi connectivity index (χ2n) is 6.95. The number of amides is 1. The van der Waals surface area contributed by atoms with Crippen LogP contribution in [-0.4, -0.2) is 46.7 Å². The standard InChI is InChI=1S/C21H28FN3O3/c1-3-25-17-13-15(22)5-6-16(17)19(26)18(21(25)28)20(27)23-9-4-10-24-11-7-14(2)8-12-24/h5-6,13-14,26H,3-4,7-12H2,1-2H3,(H,23,27)/i1D3,3D2,5D,6D,13D/hD. The Balaban J connectivity index is 2.12. The van der Waals surface area contributed by atoms with E-state index in [1.54, 1.807) is 0 Å². The molecule has 0 unspecified atom stereocenters. The number of nitrogens with one attached hydrogen (secondary N) is 1. The van der Waals surface area contributed by atoms with Crippen LogP contribution in [0.3, 0.4) is 0 Å². The number of aromatic hydroxyl groups is 1. The highest BCUT2D eigenvalue weighted by atomic mass is 19.1. The Morgan fingerprint density at radius 1 is 1.50 bits per heavy atom. The predicted octanol–water partition coefficient (Wildman–Crippen LogP) is 2.72. The molecule has 0 bridgehead atoms. The number of pyridine rings is 1. The number of nitrogens with zero attached hydrogens (tertiary/aromatic N) is 2. The first-order valence-corrected chi connectivity index (χ1v) is 9.12. The average Bonchev–Trinajstić information content (AvgIpc) is 2.81. The van der Waals surface area contributed by atoms with Crippen molar-refractivity contribution in [2.24, 2.45) is 5.92 Å². The quantitative estimate of drug-likeness (QED) is 0.785. The van der Waals surface area contributed by atoms with Gasteiger partial charge in [-0.15, -0.1) is 0 Å². The Labute approximate surface area is 176 Å². The Morgan fingerprint density at radius 3 is 2.96 bits per heavy atom. The highest BCUT2D eigenvalue weighted by molar-refractivity contribution is 6.02. The molecule has 0 aliphatic carbocycles. The van der Waals surface area contributed by atoms with E-state index in [2.05, 4.69) is 11.8 Å². The van der Waals surface area contributed by atoms with Crippen molar-refractivity contribution in [1.82, 2.24) is 14.8 Å². The molecular weight excluding hydrogens is 361 g/mol. The summed E-state index contributed by atoms with van der Waals surface area (Å²) < 4.78 is 84.9. The van der Waals surface area contributed by atoms with Crippen LogP contribution in [0, 0.1) is 11.7 Å². The summed E-state index contributed by atoms with van der Waals surface area (Å²) in [6, 6.07) is -3.56. The number of aryl methyl sites for hydroxylation is 1. The van der Waals surface area contributed by atoms with Crippen LogP contribution in [0.4, 0.5) is 4.39 Å².